The van der Waals surface area contributed by atoms with Crippen molar-refractivity contribution >= 4 is 54.3 Å². The van der Waals surface area contributed by atoms with Crippen LogP contribution in [0.2, 0.25) is 0 Å². The second-order valence-electron chi connectivity index (χ2n) is 7.10. The first-order valence-electron chi connectivity index (χ1n) is 7.62. The highest BCUT2D eigenvalue weighted by Gasteiger charge is 2.49. The molecule has 2 atom stereocenters. The largest absolute Gasteiger partial charge is 0.316 e. The lowest BCUT2D eigenvalue weighted by Gasteiger charge is -2.25. The van der Waals surface area contributed by atoms with Crippen molar-refractivity contribution in [1.82, 2.24) is 0 Å². The highest BCUT2D eigenvalue weighted by Crippen LogP contribution is 2.41. The number of aliphatic imine (C=N–C) groups is 1. The Kier molecular flexibility index (Phi) is 4.59. The van der Waals surface area contributed by atoms with Crippen LogP contribution in [-0.4, -0.2) is 42.3 Å². The van der Waals surface area contributed by atoms with E-state index in [1.807, 2.05) is 49.9 Å². The Hall–Kier alpha value is -0.860. The van der Waals surface area contributed by atoms with E-state index in [1.165, 1.54) is 11.8 Å². The van der Waals surface area contributed by atoms with Crippen molar-refractivity contribution in [2.24, 2.45) is 10.4 Å². The van der Waals surface area contributed by atoms with Gasteiger partial charge in [-0.2, -0.15) is 4.99 Å². The van der Waals surface area contributed by atoms with Crippen molar-refractivity contribution < 1.29 is 13.2 Å². The summed E-state index contributed by atoms with van der Waals surface area (Å²) in [6.07, 6.45) is 0. The molecule has 2 fully saturated rings. The van der Waals surface area contributed by atoms with E-state index in [2.05, 4.69) is 20.9 Å². The number of sulfone groups is 1. The predicted octanol–water partition coefficient (Wildman–Crippen LogP) is 3.10. The van der Waals surface area contributed by atoms with Gasteiger partial charge in [0.2, 0.25) is 0 Å². The summed E-state index contributed by atoms with van der Waals surface area (Å²) in [5.41, 5.74) is 0.280. The van der Waals surface area contributed by atoms with E-state index in [-0.39, 0.29) is 28.7 Å². The average Bonchev–Trinajstić information content (AvgIpc) is 2.88. The summed E-state index contributed by atoms with van der Waals surface area (Å²) in [5, 5.41) is 0.512. The van der Waals surface area contributed by atoms with Crippen LogP contribution in [0.4, 0.5) is 5.69 Å². The molecule has 0 N–H and O–H groups in total. The van der Waals surface area contributed by atoms with Crippen LogP contribution in [0.25, 0.3) is 0 Å². The summed E-state index contributed by atoms with van der Waals surface area (Å²) in [7, 11) is -3.05. The van der Waals surface area contributed by atoms with Crippen molar-refractivity contribution in [2.75, 3.05) is 16.4 Å². The molecule has 1 amide bonds. The molecule has 2 aliphatic rings. The first-order chi connectivity index (χ1) is 11.1. The van der Waals surface area contributed by atoms with Crippen molar-refractivity contribution in [1.29, 1.82) is 0 Å². The fraction of sp³-hybridized carbons (Fsp3) is 0.500. The summed E-state index contributed by atoms with van der Waals surface area (Å²) in [6.45, 7) is 5.48. The Labute approximate surface area is 155 Å². The van der Waals surface area contributed by atoms with Gasteiger partial charge in [-0.05, 0) is 18.2 Å². The van der Waals surface area contributed by atoms with Crippen LogP contribution in [0, 0.1) is 5.41 Å². The number of benzene rings is 1. The van der Waals surface area contributed by atoms with Crippen LogP contribution in [0.3, 0.4) is 0 Å². The van der Waals surface area contributed by atoms with Crippen LogP contribution >= 0.6 is 27.7 Å². The minimum Gasteiger partial charge on any atom is -0.316 e. The predicted molar refractivity (Wildman–Crippen MR) is 102 cm³/mol. The summed E-state index contributed by atoms with van der Waals surface area (Å²) in [4.78, 5) is 18.6. The highest BCUT2D eigenvalue weighted by molar-refractivity contribution is 9.10. The summed E-state index contributed by atoms with van der Waals surface area (Å²) >= 11 is 4.85. The first kappa shape index (κ1) is 17.9. The van der Waals surface area contributed by atoms with Crippen LogP contribution < -0.4 is 4.90 Å². The van der Waals surface area contributed by atoms with Gasteiger partial charge < -0.3 is 4.90 Å². The number of hydrogen-bond acceptors (Lipinski definition) is 4. The van der Waals surface area contributed by atoms with E-state index >= 15 is 0 Å². The topological polar surface area (TPSA) is 66.8 Å². The highest BCUT2D eigenvalue weighted by atomic mass is 79.9. The fourth-order valence-electron chi connectivity index (χ4n) is 2.75. The lowest BCUT2D eigenvalue weighted by molar-refractivity contribution is -0.124. The number of amides is 1. The SMILES string of the molecule is CC(C)(C)C(=O)N=C1S[C@@H]2CS(=O)(=O)C[C@H]2N1c1cccc(Br)c1. The standard InChI is InChI=1S/C16H19BrN2O3S2/c1-16(2,3)14(20)18-15-19(11-6-4-5-10(17)7-11)12-8-24(21,22)9-13(12)23-15/h4-7,12-13H,8-9H2,1-3H3/t12-,13-/m1/s1. The number of carbonyl (C=O) groups excluding carboxylic acids is 1. The van der Waals surface area contributed by atoms with Crippen molar-refractivity contribution in [3.63, 3.8) is 0 Å². The summed E-state index contributed by atoms with van der Waals surface area (Å²) in [6, 6.07) is 7.46. The molecule has 5 nitrogen and oxygen atoms in total. The molecule has 130 valence electrons. The van der Waals surface area contributed by atoms with Gasteiger partial charge in [0, 0.05) is 20.8 Å². The zero-order chi connectivity index (χ0) is 17.7. The van der Waals surface area contributed by atoms with E-state index in [1.54, 1.807) is 0 Å². The van der Waals surface area contributed by atoms with Crippen LogP contribution in [0.1, 0.15) is 20.8 Å². The zero-order valence-electron chi connectivity index (χ0n) is 13.7. The molecular weight excluding hydrogens is 412 g/mol. The van der Waals surface area contributed by atoms with Gasteiger partial charge in [0.15, 0.2) is 15.0 Å². The van der Waals surface area contributed by atoms with Gasteiger partial charge in [-0.25, -0.2) is 8.42 Å². The number of anilines is 1. The second-order valence-corrected chi connectivity index (χ2v) is 11.4. The Morgan fingerprint density at radius 1 is 1.33 bits per heavy atom. The van der Waals surface area contributed by atoms with E-state index < -0.39 is 15.3 Å². The molecule has 2 aliphatic heterocycles. The van der Waals surface area contributed by atoms with Gasteiger partial charge in [0.1, 0.15) is 0 Å². The molecule has 24 heavy (non-hydrogen) atoms. The number of fused-ring (bicyclic) bond motifs is 1. The first-order valence-corrected chi connectivity index (χ1v) is 11.1. The van der Waals surface area contributed by atoms with Crippen LogP contribution in [0.15, 0.2) is 33.7 Å². The maximum Gasteiger partial charge on any atom is 0.253 e. The lowest BCUT2D eigenvalue weighted by atomic mass is 9.96. The number of hydrogen-bond donors (Lipinski definition) is 0. The molecule has 0 saturated carbocycles. The number of carbonyl (C=O) groups is 1. The van der Waals surface area contributed by atoms with E-state index in [4.69, 9.17) is 0 Å². The van der Waals surface area contributed by atoms with E-state index in [9.17, 15) is 13.2 Å². The third kappa shape index (κ3) is 3.55. The van der Waals surface area contributed by atoms with Crippen molar-refractivity contribution in [3.8, 4) is 0 Å². The van der Waals surface area contributed by atoms with Gasteiger partial charge in [0.05, 0.1) is 17.5 Å². The van der Waals surface area contributed by atoms with Crippen molar-refractivity contribution in [3.05, 3.63) is 28.7 Å². The van der Waals surface area contributed by atoms with Crippen molar-refractivity contribution in [2.45, 2.75) is 32.1 Å². The molecule has 0 spiro atoms. The maximum absolute atomic E-state index is 12.4. The lowest BCUT2D eigenvalue weighted by Crippen LogP contribution is -2.38. The molecule has 1 aromatic carbocycles. The molecule has 0 radical (unpaired) electrons. The molecule has 1 aromatic rings. The molecule has 8 heteroatoms. The van der Waals surface area contributed by atoms with Crippen LogP contribution in [0.5, 0.6) is 0 Å². The zero-order valence-corrected chi connectivity index (χ0v) is 16.9. The Morgan fingerprint density at radius 2 is 2.04 bits per heavy atom. The molecule has 0 aliphatic carbocycles. The Balaban J connectivity index is 2.03. The van der Waals surface area contributed by atoms with Gasteiger partial charge in [0.25, 0.3) is 5.91 Å². The van der Waals surface area contributed by atoms with E-state index in [0.29, 0.717) is 5.17 Å². The smallest absolute Gasteiger partial charge is 0.253 e. The van der Waals surface area contributed by atoms with Gasteiger partial charge in [-0.15, -0.1) is 0 Å². The summed E-state index contributed by atoms with van der Waals surface area (Å²) < 4.78 is 24.9. The monoisotopic (exact) mass is 430 g/mol. The molecule has 3 rings (SSSR count). The number of amidine groups is 1. The quantitative estimate of drug-likeness (QED) is 0.684. The molecule has 0 aromatic heterocycles. The van der Waals surface area contributed by atoms with Crippen LogP contribution in [-0.2, 0) is 14.6 Å². The summed E-state index contributed by atoms with van der Waals surface area (Å²) in [5.74, 6) is 0.0305. The normalized spacial score (nSPS) is 27.5. The number of rotatable bonds is 1. The minimum atomic E-state index is -3.05. The molecule has 2 saturated heterocycles. The molecule has 0 bridgehead atoms. The Morgan fingerprint density at radius 3 is 2.67 bits per heavy atom. The second kappa shape index (κ2) is 6.14. The molecule has 0 unspecified atom stereocenters. The van der Waals surface area contributed by atoms with Gasteiger partial charge in [-0.1, -0.05) is 54.5 Å². The Bertz CT molecular complexity index is 815. The third-order valence-corrected chi connectivity index (χ3v) is 7.69. The number of halogens is 1. The average molecular weight is 431 g/mol. The number of thioether (sulfide) groups is 1. The minimum absolute atomic E-state index is 0.0829. The molecular formula is C16H19BrN2O3S2. The third-order valence-electron chi connectivity index (χ3n) is 3.99. The van der Waals surface area contributed by atoms with Gasteiger partial charge >= 0.3 is 0 Å². The maximum atomic E-state index is 12.4. The number of nitrogens with zero attached hydrogens (tertiary/aromatic N) is 2. The molecule has 2 heterocycles. The fourth-order valence-corrected chi connectivity index (χ4v) is 7.05. The van der Waals surface area contributed by atoms with Gasteiger partial charge in [-0.3, -0.25) is 4.79 Å². The van der Waals surface area contributed by atoms with E-state index in [0.717, 1.165) is 10.2 Å².